The summed E-state index contributed by atoms with van der Waals surface area (Å²) in [6, 6.07) is 5.03. The third-order valence-electron chi connectivity index (χ3n) is 4.59. The second-order valence-corrected chi connectivity index (χ2v) is 7.85. The van der Waals surface area contributed by atoms with E-state index in [1.54, 1.807) is 19.1 Å². The standard InChI is InChI=1S/C19H20F4N4O2S/c1-11-15(16(28)25-10-12-2-4-13(20)5-3-12)30-18(26-11)27-9-6-14(17(27)29)24-8-7-19(21,22)23/h2-5,14,24H,6-10H2,1H3,(H,25,28). The number of amides is 2. The summed E-state index contributed by atoms with van der Waals surface area (Å²) >= 11 is 1.05. The smallest absolute Gasteiger partial charge is 0.347 e. The van der Waals surface area contributed by atoms with Gasteiger partial charge in [-0.25, -0.2) is 9.37 Å². The minimum Gasteiger partial charge on any atom is -0.347 e. The SMILES string of the molecule is Cc1nc(N2CCC(NCCC(F)(F)F)C2=O)sc1C(=O)NCc1ccc(F)cc1. The van der Waals surface area contributed by atoms with Gasteiger partial charge in [0.2, 0.25) is 5.91 Å². The largest absolute Gasteiger partial charge is 0.390 e. The molecule has 0 aliphatic carbocycles. The van der Waals surface area contributed by atoms with Crippen LogP contribution in [-0.2, 0) is 11.3 Å². The zero-order valence-corrected chi connectivity index (χ0v) is 16.9. The fourth-order valence-corrected chi connectivity index (χ4v) is 4.04. The third-order valence-corrected chi connectivity index (χ3v) is 5.77. The minimum atomic E-state index is -4.28. The van der Waals surface area contributed by atoms with Crippen molar-refractivity contribution in [3.63, 3.8) is 0 Å². The molecule has 1 fully saturated rings. The number of aryl methyl sites for hydroxylation is 1. The van der Waals surface area contributed by atoms with Crippen LogP contribution in [0.4, 0.5) is 22.7 Å². The van der Waals surface area contributed by atoms with E-state index in [4.69, 9.17) is 0 Å². The topological polar surface area (TPSA) is 74.3 Å². The number of anilines is 1. The number of nitrogens with one attached hydrogen (secondary N) is 2. The summed E-state index contributed by atoms with van der Waals surface area (Å²) < 4.78 is 49.8. The Bertz CT molecular complexity index is 914. The maximum Gasteiger partial charge on any atom is 0.390 e. The lowest BCUT2D eigenvalue weighted by molar-refractivity contribution is -0.134. The highest BCUT2D eigenvalue weighted by Gasteiger charge is 2.35. The highest BCUT2D eigenvalue weighted by molar-refractivity contribution is 7.17. The van der Waals surface area contributed by atoms with Gasteiger partial charge in [0.05, 0.1) is 18.2 Å². The predicted octanol–water partition coefficient (Wildman–Crippen LogP) is 3.17. The highest BCUT2D eigenvalue weighted by Crippen LogP contribution is 2.29. The van der Waals surface area contributed by atoms with Crippen LogP contribution >= 0.6 is 11.3 Å². The first kappa shape index (κ1) is 22.2. The molecular formula is C19H20F4N4O2S. The van der Waals surface area contributed by atoms with Gasteiger partial charge < -0.3 is 10.6 Å². The molecule has 11 heteroatoms. The van der Waals surface area contributed by atoms with Crippen LogP contribution in [0.1, 0.15) is 33.8 Å². The Morgan fingerprint density at radius 1 is 1.30 bits per heavy atom. The second-order valence-electron chi connectivity index (χ2n) is 6.87. The molecule has 2 aromatic rings. The van der Waals surface area contributed by atoms with Gasteiger partial charge in [0.15, 0.2) is 5.13 Å². The lowest BCUT2D eigenvalue weighted by Crippen LogP contribution is -2.39. The predicted molar refractivity (Wildman–Crippen MR) is 104 cm³/mol. The number of halogens is 4. The summed E-state index contributed by atoms with van der Waals surface area (Å²) in [6.07, 6.45) is -4.93. The van der Waals surface area contributed by atoms with Crippen LogP contribution in [0.2, 0.25) is 0 Å². The number of nitrogens with zero attached hydrogens (tertiary/aromatic N) is 2. The number of thiazole rings is 1. The Labute approximate surface area is 174 Å². The quantitative estimate of drug-likeness (QED) is 0.644. The number of hydrogen-bond donors (Lipinski definition) is 2. The van der Waals surface area contributed by atoms with E-state index < -0.39 is 18.6 Å². The van der Waals surface area contributed by atoms with Gasteiger partial charge in [-0.3, -0.25) is 14.5 Å². The average molecular weight is 444 g/mol. The van der Waals surface area contributed by atoms with Gasteiger partial charge in [0, 0.05) is 19.6 Å². The molecule has 1 atom stereocenters. The van der Waals surface area contributed by atoms with E-state index in [1.807, 2.05) is 0 Å². The number of rotatable bonds is 7. The molecule has 0 spiro atoms. The summed E-state index contributed by atoms with van der Waals surface area (Å²) in [5.41, 5.74) is 1.18. The maximum atomic E-state index is 13.0. The van der Waals surface area contributed by atoms with Crippen LogP contribution < -0.4 is 15.5 Å². The first-order chi connectivity index (χ1) is 14.1. The molecule has 6 nitrogen and oxygen atoms in total. The lowest BCUT2D eigenvalue weighted by Gasteiger charge is -2.14. The molecule has 2 amide bonds. The van der Waals surface area contributed by atoms with Crippen molar-refractivity contribution in [2.75, 3.05) is 18.0 Å². The van der Waals surface area contributed by atoms with Crippen LogP contribution in [0.25, 0.3) is 0 Å². The number of aromatic nitrogens is 1. The molecule has 3 rings (SSSR count). The van der Waals surface area contributed by atoms with Gasteiger partial charge in [0.25, 0.3) is 5.91 Å². The molecule has 0 saturated carbocycles. The monoisotopic (exact) mass is 444 g/mol. The zero-order valence-electron chi connectivity index (χ0n) is 16.1. The summed E-state index contributed by atoms with van der Waals surface area (Å²) in [7, 11) is 0. The average Bonchev–Trinajstić information content (AvgIpc) is 3.23. The van der Waals surface area contributed by atoms with E-state index in [2.05, 4.69) is 15.6 Å². The number of carbonyl (C=O) groups excluding carboxylic acids is 2. The van der Waals surface area contributed by atoms with Crippen molar-refractivity contribution in [3.8, 4) is 0 Å². The first-order valence-electron chi connectivity index (χ1n) is 9.25. The molecule has 30 heavy (non-hydrogen) atoms. The van der Waals surface area contributed by atoms with Gasteiger partial charge in [-0.1, -0.05) is 23.5 Å². The van der Waals surface area contributed by atoms with Crippen LogP contribution in [0.15, 0.2) is 24.3 Å². The Kier molecular flexibility index (Phi) is 6.71. The van der Waals surface area contributed by atoms with Gasteiger partial charge in [-0.05, 0) is 31.0 Å². The van der Waals surface area contributed by atoms with Crippen molar-refractivity contribution in [1.29, 1.82) is 0 Å². The zero-order chi connectivity index (χ0) is 21.9. The van der Waals surface area contributed by atoms with E-state index in [1.165, 1.54) is 17.0 Å². The van der Waals surface area contributed by atoms with Crippen molar-refractivity contribution in [2.45, 2.75) is 38.5 Å². The number of carbonyl (C=O) groups is 2. The van der Waals surface area contributed by atoms with Crippen LogP contribution in [0.5, 0.6) is 0 Å². The van der Waals surface area contributed by atoms with E-state index in [9.17, 15) is 27.2 Å². The number of hydrogen-bond acceptors (Lipinski definition) is 5. The third kappa shape index (κ3) is 5.54. The van der Waals surface area contributed by atoms with Crippen molar-refractivity contribution in [2.24, 2.45) is 0 Å². The summed E-state index contributed by atoms with van der Waals surface area (Å²) in [6.45, 7) is 1.83. The molecule has 162 valence electrons. The Hall–Kier alpha value is -2.53. The molecule has 1 aliphatic rings. The van der Waals surface area contributed by atoms with E-state index in [-0.39, 0.29) is 30.7 Å². The Balaban J connectivity index is 1.59. The van der Waals surface area contributed by atoms with Crippen molar-refractivity contribution in [1.82, 2.24) is 15.6 Å². The van der Waals surface area contributed by atoms with E-state index in [0.29, 0.717) is 28.7 Å². The number of benzene rings is 1. The summed E-state index contributed by atoms with van der Waals surface area (Å²) in [5.74, 6) is -1.09. The first-order valence-corrected chi connectivity index (χ1v) is 10.1. The summed E-state index contributed by atoms with van der Waals surface area (Å²) in [4.78, 5) is 31.0. The van der Waals surface area contributed by atoms with E-state index in [0.717, 1.165) is 16.9 Å². The maximum absolute atomic E-state index is 13.0. The fraction of sp³-hybridized carbons (Fsp3) is 0.421. The fourth-order valence-electron chi connectivity index (χ4n) is 3.02. The van der Waals surface area contributed by atoms with Crippen molar-refractivity contribution in [3.05, 3.63) is 46.2 Å². The van der Waals surface area contributed by atoms with Crippen molar-refractivity contribution < 1.29 is 27.2 Å². The van der Waals surface area contributed by atoms with Gasteiger partial charge >= 0.3 is 6.18 Å². The minimum absolute atomic E-state index is 0.208. The molecule has 2 N–H and O–H groups in total. The number of alkyl halides is 3. The summed E-state index contributed by atoms with van der Waals surface area (Å²) in [5, 5.41) is 5.70. The molecule has 1 unspecified atom stereocenters. The molecule has 2 heterocycles. The molecule has 0 radical (unpaired) electrons. The second kappa shape index (κ2) is 9.09. The molecular weight excluding hydrogens is 424 g/mol. The Morgan fingerprint density at radius 2 is 2.00 bits per heavy atom. The highest BCUT2D eigenvalue weighted by atomic mass is 32.1. The van der Waals surface area contributed by atoms with E-state index >= 15 is 0 Å². The molecule has 1 aliphatic heterocycles. The lowest BCUT2D eigenvalue weighted by atomic mass is 10.2. The van der Waals surface area contributed by atoms with Gasteiger partial charge in [-0.15, -0.1) is 0 Å². The van der Waals surface area contributed by atoms with Crippen LogP contribution in [-0.4, -0.2) is 42.1 Å². The molecule has 1 aromatic carbocycles. The molecule has 1 aromatic heterocycles. The molecule has 1 saturated heterocycles. The normalized spacial score (nSPS) is 16.9. The molecule has 0 bridgehead atoms. The van der Waals surface area contributed by atoms with Crippen molar-refractivity contribution >= 4 is 28.3 Å². The van der Waals surface area contributed by atoms with Gasteiger partial charge in [-0.2, -0.15) is 13.2 Å². The van der Waals surface area contributed by atoms with Crippen LogP contribution in [0.3, 0.4) is 0 Å². The van der Waals surface area contributed by atoms with Gasteiger partial charge in [0.1, 0.15) is 10.7 Å². The van der Waals surface area contributed by atoms with Crippen LogP contribution in [0, 0.1) is 12.7 Å². The Morgan fingerprint density at radius 3 is 2.67 bits per heavy atom.